The molecule has 0 aromatic carbocycles. The van der Waals surface area contributed by atoms with E-state index in [1.165, 1.54) is 6.33 Å². The van der Waals surface area contributed by atoms with E-state index < -0.39 is 0 Å². The summed E-state index contributed by atoms with van der Waals surface area (Å²) in [5.74, 6) is 0.702. The SMILES string of the molecule is CC(C)c1nc2c(=O)[nH]cnc2o1. The van der Waals surface area contributed by atoms with Crippen molar-refractivity contribution in [3.8, 4) is 0 Å². The fraction of sp³-hybridized carbons (Fsp3) is 0.375. The molecule has 0 fully saturated rings. The van der Waals surface area contributed by atoms with E-state index in [1.54, 1.807) is 0 Å². The van der Waals surface area contributed by atoms with Crippen LogP contribution in [0.4, 0.5) is 0 Å². The molecule has 2 aromatic rings. The largest absolute Gasteiger partial charge is 0.422 e. The van der Waals surface area contributed by atoms with Gasteiger partial charge in [0.1, 0.15) is 0 Å². The van der Waals surface area contributed by atoms with E-state index in [4.69, 9.17) is 4.42 Å². The molecule has 0 bridgehead atoms. The van der Waals surface area contributed by atoms with Gasteiger partial charge in [-0.25, -0.2) is 9.97 Å². The smallest absolute Gasteiger partial charge is 0.280 e. The molecule has 0 amide bonds. The van der Waals surface area contributed by atoms with Crippen molar-refractivity contribution < 1.29 is 4.42 Å². The summed E-state index contributed by atoms with van der Waals surface area (Å²) >= 11 is 0. The molecule has 0 saturated heterocycles. The molecular weight excluding hydrogens is 170 g/mol. The van der Waals surface area contributed by atoms with Crippen molar-refractivity contribution in [2.24, 2.45) is 0 Å². The van der Waals surface area contributed by atoms with Crippen molar-refractivity contribution in [3.63, 3.8) is 0 Å². The molecule has 5 nitrogen and oxygen atoms in total. The minimum absolute atomic E-state index is 0.161. The van der Waals surface area contributed by atoms with Gasteiger partial charge in [0.15, 0.2) is 11.4 Å². The average molecular weight is 179 g/mol. The zero-order valence-corrected chi connectivity index (χ0v) is 7.37. The quantitative estimate of drug-likeness (QED) is 0.709. The first-order valence-corrected chi connectivity index (χ1v) is 4.02. The molecule has 0 radical (unpaired) electrons. The predicted molar refractivity (Wildman–Crippen MR) is 46.5 cm³/mol. The summed E-state index contributed by atoms with van der Waals surface area (Å²) in [5, 5.41) is 0. The summed E-state index contributed by atoms with van der Waals surface area (Å²) < 4.78 is 5.27. The highest BCUT2D eigenvalue weighted by Gasteiger charge is 2.11. The number of aromatic nitrogens is 3. The van der Waals surface area contributed by atoms with Gasteiger partial charge in [-0.1, -0.05) is 13.8 Å². The lowest BCUT2D eigenvalue weighted by Crippen LogP contribution is -2.05. The fourth-order valence-corrected chi connectivity index (χ4v) is 1.03. The van der Waals surface area contributed by atoms with Crippen molar-refractivity contribution in [2.75, 3.05) is 0 Å². The van der Waals surface area contributed by atoms with Crippen LogP contribution < -0.4 is 5.56 Å². The lowest BCUT2D eigenvalue weighted by Gasteiger charge is -1.92. The third-order valence-electron chi connectivity index (χ3n) is 1.71. The Kier molecular flexibility index (Phi) is 1.65. The van der Waals surface area contributed by atoms with Crippen molar-refractivity contribution >= 4 is 11.2 Å². The van der Waals surface area contributed by atoms with E-state index in [2.05, 4.69) is 15.0 Å². The monoisotopic (exact) mass is 179 g/mol. The fourth-order valence-electron chi connectivity index (χ4n) is 1.03. The van der Waals surface area contributed by atoms with E-state index in [-0.39, 0.29) is 17.0 Å². The summed E-state index contributed by atoms with van der Waals surface area (Å²) in [6.07, 6.45) is 1.31. The van der Waals surface area contributed by atoms with Gasteiger partial charge in [-0.05, 0) is 0 Å². The second kappa shape index (κ2) is 2.69. The van der Waals surface area contributed by atoms with Crippen LogP contribution in [0.1, 0.15) is 25.7 Å². The summed E-state index contributed by atoms with van der Waals surface area (Å²) in [7, 11) is 0. The van der Waals surface area contributed by atoms with Gasteiger partial charge >= 0.3 is 0 Å². The standard InChI is InChI=1S/C8H9N3O2/c1-4(2)7-11-5-6(12)9-3-10-8(5)13-7/h3-4H,1-2H3,(H,9,10,12). The van der Waals surface area contributed by atoms with Crippen molar-refractivity contribution in [3.05, 3.63) is 22.6 Å². The number of rotatable bonds is 1. The Balaban J connectivity index is 2.76. The molecule has 0 spiro atoms. The third kappa shape index (κ3) is 1.22. The molecule has 0 aliphatic rings. The highest BCUT2D eigenvalue weighted by atomic mass is 16.4. The number of nitrogens with one attached hydrogen (secondary N) is 1. The van der Waals surface area contributed by atoms with Gasteiger partial charge in [0.25, 0.3) is 11.3 Å². The van der Waals surface area contributed by atoms with Gasteiger partial charge in [0, 0.05) is 5.92 Å². The normalized spacial score (nSPS) is 11.3. The van der Waals surface area contributed by atoms with Gasteiger partial charge in [0.05, 0.1) is 6.33 Å². The van der Waals surface area contributed by atoms with Crippen LogP contribution in [0.15, 0.2) is 15.5 Å². The number of H-pyrrole nitrogens is 1. The Morgan fingerprint density at radius 2 is 2.31 bits per heavy atom. The maximum absolute atomic E-state index is 11.2. The Morgan fingerprint density at radius 1 is 1.54 bits per heavy atom. The van der Waals surface area contributed by atoms with Gasteiger partial charge in [0.2, 0.25) is 0 Å². The van der Waals surface area contributed by atoms with Crippen LogP contribution in [-0.4, -0.2) is 15.0 Å². The summed E-state index contributed by atoms with van der Waals surface area (Å²) in [5.41, 5.74) is 0.305. The predicted octanol–water partition coefficient (Wildman–Crippen LogP) is 1.03. The van der Waals surface area contributed by atoms with Crippen LogP contribution in [0.3, 0.4) is 0 Å². The van der Waals surface area contributed by atoms with E-state index in [1.807, 2.05) is 13.8 Å². The molecule has 0 saturated carbocycles. The van der Waals surface area contributed by atoms with Crippen LogP contribution in [0.25, 0.3) is 11.2 Å². The first kappa shape index (κ1) is 7.97. The van der Waals surface area contributed by atoms with Crippen LogP contribution >= 0.6 is 0 Å². The second-order valence-electron chi connectivity index (χ2n) is 3.09. The van der Waals surface area contributed by atoms with Crippen molar-refractivity contribution in [1.82, 2.24) is 15.0 Å². The van der Waals surface area contributed by atoms with E-state index in [0.717, 1.165) is 0 Å². The highest BCUT2D eigenvalue weighted by Crippen LogP contribution is 2.16. The zero-order chi connectivity index (χ0) is 9.42. The maximum Gasteiger partial charge on any atom is 0.280 e. The Morgan fingerprint density at radius 3 is 2.92 bits per heavy atom. The number of nitrogens with zero attached hydrogens (tertiary/aromatic N) is 2. The number of oxazole rings is 1. The van der Waals surface area contributed by atoms with Crippen LogP contribution in [0, 0.1) is 0 Å². The summed E-state index contributed by atoms with van der Waals surface area (Å²) in [6, 6.07) is 0. The highest BCUT2D eigenvalue weighted by molar-refractivity contribution is 5.65. The minimum atomic E-state index is -0.263. The molecule has 68 valence electrons. The summed E-state index contributed by atoms with van der Waals surface area (Å²) in [6.45, 7) is 3.89. The van der Waals surface area contributed by atoms with Crippen LogP contribution in [0.5, 0.6) is 0 Å². The number of fused-ring (bicyclic) bond motifs is 1. The molecule has 13 heavy (non-hydrogen) atoms. The number of aromatic amines is 1. The van der Waals surface area contributed by atoms with E-state index >= 15 is 0 Å². The Labute approximate surface area is 73.8 Å². The zero-order valence-electron chi connectivity index (χ0n) is 7.37. The number of hydrogen-bond acceptors (Lipinski definition) is 4. The molecular formula is C8H9N3O2. The molecule has 0 aliphatic heterocycles. The van der Waals surface area contributed by atoms with Gasteiger partial charge < -0.3 is 9.40 Å². The Hall–Kier alpha value is -1.65. The van der Waals surface area contributed by atoms with Crippen LogP contribution in [0.2, 0.25) is 0 Å². The Bertz CT molecular complexity index is 483. The van der Waals surface area contributed by atoms with Crippen LogP contribution in [-0.2, 0) is 0 Å². The van der Waals surface area contributed by atoms with E-state index in [9.17, 15) is 4.79 Å². The average Bonchev–Trinajstić information content (AvgIpc) is 2.49. The molecule has 0 unspecified atom stereocenters. The van der Waals surface area contributed by atoms with E-state index in [0.29, 0.717) is 11.6 Å². The lowest BCUT2D eigenvalue weighted by molar-refractivity contribution is 0.494. The van der Waals surface area contributed by atoms with Gasteiger partial charge in [-0.3, -0.25) is 4.79 Å². The number of hydrogen-bond donors (Lipinski definition) is 1. The maximum atomic E-state index is 11.2. The first-order chi connectivity index (χ1) is 6.18. The molecule has 2 rings (SSSR count). The first-order valence-electron chi connectivity index (χ1n) is 4.02. The lowest BCUT2D eigenvalue weighted by atomic mass is 10.2. The van der Waals surface area contributed by atoms with Gasteiger partial charge in [-0.15, -0.1) is 0 Å². The molecule has 0 atom stereocenters. The molecule has 2 heterocycles. The van der Waals surface area contributed by atoms with Gasteiger partial charge in [-0.2, -0.15) is 0 Å². The minimum Gasteiger partial charge on any atom is -0.422 e. The van der Waals surface area contributed by atoms with Crippen molar-refractivity contribution in [2.45, 2.75) is 19.8 Å². The third-order valence-corrected chi connectivity index (χ3v) is 1.71. The van der Waals surface area contributed by atoms with Crippen molar-refractivity contribution in [1.29, 1.82) is 0 Å². The molecule has 2 aromatic heterocycles. The molecule has 5 heteroatoms. The topological polar surface area (TPSA) is 71.8 Å². The second-order valence-corrected chi connectivity index (χ2v) is 3.09. The molecule has 0 aliphatic carbocycles. The summed E-state index contributed by atoms with van der Waals surface area (Å²) in [4.78, 5) is 21.5. The molecule has 1 N–H and O–H groups in total.